The molecule has 0 bridgehead atoms. The van der Waals surface area contributed by atoms with E-state index in [1.807, 2.05) is 43.3 Å². The molecule has 0 spiro atoms. The van der Waals surface area contributed by atoms with Crippen LogP contribution >= 0.6 is 0 Å². The van der Waals surface area contributed by atoms with E-state index in [1.54, 1.807) is 0 Å². The van der Waals surface area contributed by atoms with Gasteiger partial charge in [-0.05, 0) is 73.3 Å². The number of carboxylic acids is 1. The molecule has 3 saturated carbocycles. The highest BCUT2D eigenvalue weighted by molar-refractivity contribution is 5.92. The van der Waals surface area contributed by atoms with Gasteiger partial charge in [0.05, 0.1) is 25.6 Å². The average molecular weight is 553 g/mol. The van der Waals surface area contributed by atoms with Gasteiger partial charge in [0.15, 0.2) is 12.4 Å². The molecule has 0 aromatic heterocycles. The Morgan fingerprint density at radius 3 is 2.50 bits per heavy atom. The van der Waals surface area contributed by atoms with Crippen molar-refractivity contribution in [3.05, 3.63) is 47.5 Å². The van der Waals surface area contributed by atoms with Crippen LogP contribution in [0.1, 0.15) is 77.2 Å². The molecular formula is C32H40O8. The van der Waals surface area contributed by atoms with Crippen LogP contribution in [0.3, 0.4) is 0 Å². The third-order valence-corrected chi connectivity index (χ3v) is 10.7. The molecule has 216 valence electrons. The predicted octanol–water partition coefficient (Wildman–Crippen LogP) is 4.42. The van der Waals surface area contributed by atoms with Crippen molar-refractivity contribution in [1.29, 1.82) is 0 Å². The van der Waals surface area contributed by atoms with Gasteiger partial charge in [0.2, 0.25) is 5.78 Å². The first-order valence-corrected chi connectivity index (χ1v) is 14.5. The Bertz CT molecular complexity index is 1210. The number of Topliss-reactive ketones (excluding diaryl/α,β-unsaturated/α-hetero) is 1. The van der Waals surface area contributed by atoms with E-state index in [4.69, 9.17) is 14.6 Å². The van der Waals surface area contributed by atoms with Crippen LogP contribution in [-0.4, -0.2) is 52.0 Å². The molecule has 2 N–H and O–H groups in total. The van der Waals surface area contributed by atoms with Crippen LogP contribution in [0.2, 0.25) is 0 Å². The first kappa shape index (κ1) is 28.7. The number of carboxylic acid groups (broad SMARTS) is 1. The van der Waals surface area contributed by atoms with Gasteiger partial charge in [-0.1, -0.05) is 49.8 Å². The van der Waals surface area contributed by atoms with Crippen LogP contribution in [-0.2, 0) is 35.3 Å². The maximum atomic E-state index is 13.5. The first-order chi connectivity index (χ1) is 19.0. The lowest BCUT2D eigenvalue weighted by Gasteiger charge is -2.61. The molecule has 40 heavy (non-hydrogen) atoms. The lowest BCUT2D eigenvalue weighted by Crippen LogP contribution is -2.62. The summed E-state index contributed by atoms with van der Waals surface area (Å²) in [5.74, 6) is -1.77. The molecule has 4 aliphatic rings. The molecule has 8 nitrogen and oxygen atoms in total. The van der Waals surface area contributed by atoms with E-state index in [2.05, 4.69) is 6.92 Å². The molecule has 1 aromatic rings. The molecule has 0 radical (unpaired) electrons. The van der Waals surface area contributed by atoms with E-state index >= 15 is 0 Å². The van der Waals surface area contributed by atoms with Crippen LogP contribution in [0.15, 0.2) is 42.0 Å². The van der Waals surface area contributed by atoms with Crippen molar-refractivity contribution in [2.45, 2.75) is 89.9 Å². The summed E-state index contributed by atoms with van der Waals surface area (Å²) in [5, 5.41) is 20.8. The van der Waals surface area contributed by atoms with Gasteiger partial charge >= 0.3 is 11.9 Å². The summed E-state index contributed by atoms with van der Waals surface area (Å²) in [6.45, 7) is 4.10. The summed E-state index contributed by atoms with van der Waals surface area (Å²) >= 11 is 0. The van der Waals surface area contributed by atoms with E-state index in [1.165, 1.54) is 5.57 Å². The first-order valence-electron chi connectivity index (χ1n) is 14.5. The summed E-state index contributed by atoms with van der Waals surface area (Å²) in [6.07, 6.45) is 5.39. The second-order valence-corrected chi connectivity index (χ2v) is 12.7. The molecule has 0 saturated heterocycles. The molecule has 7 atom stereocenters. The van der Waals surface area contributed by atoms with E-state index in [-0.39, 0.29) is 54.3 Å². The number of carbonyl (C=O) groups is 4. The monoisotopic (exact) mass is 552 g/mol. The zero-order valence-electron chi connectivity index (χ0n) is 23.4. The Morgan fingerprint density at radius 1 is 1.02 bits per heavy atom. The molecule has 3 fully saturated rings. The quantitative estimate of drug-likeness (QED) is 0.431. The predicted molar refractivity (Wildman–Crippen MR) is 145 cm³/mol. The lowest BCUT2D eigenvalue weighted by atomic mass is 9.45. The Morgan fingerprint density at radius 2 is 1.77 bits per heavy atom. The number of aliphatic carboxylic acids is 1. The van der Waals surface area contributed by atoms with E-state index in [0.717, 1.165) is 24.8 Å². The van der Waals surface area contributed by atoms with Gasteiger partial charge in [0, 0.05) is 11.8 Å². The molecule has 4 aliphatic carbocycles. The zero-order chi connectivity index (χ0) is 28.7. The van der Waals surface area contributed by atoms with Crippen molar-refractivity contribution in [3.8, 4) is 0 Å². The third kappa shape index (κ3) is 4.94. The molecule has 8 heteroatoms. The SMILES string of the molecule is C[C@]12CCC(=O)C=C1CC[C@@H]1[C@@H]2C(OCc2ccccc2)C[C@@]2(C)[C@H]1CC[C@]2(O)C(=O)COC(=O)CCC(=O)O. The van der Waals surface area contributed by atoms with Crippen molar-refractivity contribution in [2.75, 3.05) is 6.61 Å². The molecule has 0 amide bonds. The second kappa shape index (κ2) is 10.9. The molecule has 1 aromatic carbocycles. The summed E-state index contributed by atoms with van der Waals surface area (Å²) in [6, 6.07) is 9.95. The third-order valence-electron chi connectivity index (χ3n) is 10.7. The van der Waals surface area contributed by atoms with Crippen molar-refractivity contribution in [2.24, 2.45) is 28.6 Å². The maximum absolute atomic E-state index is 13.5. The highest BCUT2D eigenvalue weighted by Gasteiger charge is 2.68. The fourth-order valence-corrected chi connectivity index (χ4v) is 8.60. The van der Waals surface area contributed by atoms with Crippen LogP contribution in [0.4, 0.5) is 0 Å². The van der Waals surface area contributed by atoms with Gasteiger partial charge in [0.25, 0.3) is 0 Å². The number of allylic oxidation sites excluding steroid dienone is 1. The minimum atomic E-state index is -1.68. The fourth-order valence-electron chi connectivity index (χ4n) is 8.60. The van der Waals surface area contributed by atoms with Crippen molar-refractivity contribution < 1.29 is 38.9 Å². The minimum absolute atomic E-state index is 0.0849. The number of rotatable bonds is 9. The number of hydrogen-bond acceptors (Lipinski definition) is 7. The van der Waals surface area contributed by atoms with Crippen LogP contribution < -0.4 is 0 Å². The summed E-state index contributed by atoms with van der Waals surface area (Å²) in [7, 11) is 0. The van der Waals surface area contributed by atoms with Crippen molar-refractivity contribution in [1.82, 2.24) is 0 Å². The largest absolute Gasteiger partial charge is 0.481 e. The second-order valence-electron chi connectivity index (χ2n) is 12.7. The van der Waals surface area contributed by atoms with Gasteiger partial charge in [0.1, 0.15) is 5.60 Å². The molecular weight excluding hydrogens is 512 g/mol. The fraction of sp³-hybridized carbons (Fsp3) is 0.625. The number of esters is 1. The molecule has 5 rings (SSSR count). The number of benzene rings is 1. The standard InChI is InChI=1S/C32H40O8/c1-30-14-12-22(33)16-21(30)8-9-23-24-13-15-32(38,26(34)19-40-28(37)11-10-27(35)36)31(24,2)17-25(29(23)30)39-18-20-6-4-3-5-7-20/h3-7,16,23-25,29,38H,8-15,17-19H2,1-2H3,(H,35,36)/t23-,24-,25?,29+,30-,31-,32-/m0/s1. The Kier molecular flexibility index (Phi) is 7.79. The molecule has 0 aliphatic heterocycles. The van der Waals surface area contributed by atoms with E-state index in [9.17, 15) is 24.3 Å². The van der Waals surface area contributed by atoms with E-state index in [0.29, 0.717) is 25.9 Å². The van der Waals surface area contributed by atoms with Crippen LogP contribution in [0.25, 0.3) is 0 Å². The normalized spacial score (nSPS) is 36.6. The highest BCUT2D eigenvalue weighted by Crippen LogP contribution is 2.68. The topological polar surface area (TPSA) is 127 Å². The van der Waals surface area contributed by atoms with Gasteiger partial charge in [-0.3, -0.25) is 19.2 Å². The highest BCUT2D eigenvalue weighted by atomic mass is 16.5. The number of ketones is 2. The number of aliphatic hydroxyl groups is 1. The average Bonchev–Trinajstić information content (AvgIpc) is 3.21. The number of hydrogen-bond donors (Lipinski definition) is 2. The van der Waals surface area contributed by atoms with Crippen LogP contribution in [0.5, 0.6) is 0 Å². The Hall–Kier alpha value is -2.84. The minimum Gasteiger partial charge on any atom is -0.481 e. The van der Waals surface area contributed by atoms with Crippen LogP contribution in [0, 0.1) is 28.6 Å². The summed E-state index contributed by atoms with van der Waals surface area (Å²) < 4.78 is 11.8. The maximum Gasteiger partial charge on any atom is 0.306 e. The Labute approximate surface area is 235 Å². The number of carbonyl (C=O) groups excluding carboxylic acids is 3. The molecule has 1 unspecified atom stereocenters. The molecule has 0 heterocycles. The van der Waals surface area contributed by atoms with Crippen molar-refractivity contribution in [3.63, 3.8) is 0 Å². The zero-order valence-corrected chi connectivity index (χ0v) is 23.4. The van der Waals surface area contributed by atoms with Gasteiger partial charge < -0.3 is 19.7 Å². The van der Waals surface area contributed by atoms with Gasteiger partial charge in [-0.25, -0.2) is 0 Å². The number of fused-ring (bicyclic) bond motifs is 5. The number of ether oxygens (including phenoxy) is 2. The lowest BCUT2D eigenvalue weighted by molar-refractivity contribution is -0.194. The van der Waals surface area contributed by atoms with Crippen molar-refractivity contribution >= 4 is 23.5 Å². The van der Waals surface area contributed by atoms with Gasteiger partial charge in [-0.15, -0.1) is 0 Å². The summed E-state index contributed by atoms with van der Waals surface area (Å²) in [4.78, 5) is 48.6. The Balaban J connectivity index is 1.42. The smallest absolute Gasteiger partial charge is 0.306 e. The van der Waals surface area contributed by atoms with Gasteiger partial charge in [-0.2, -0.15) is 0 Å². The summed E-state index contributed by atoms with van der Waals surface area (Å²) in [5.41, 5.74) is -0.372. The van der Waals surface area contributed by atoms with E-state index < -0.39 is 35.3 Å².